The Morgan fingerprint density at radius 2 is 1.76 bits per heavy atom. The van der Waals surface area contributed by atoms with Crippen LogP contribution in [-0.4, -0.2) is 37.7 Å². The summed E-state index contributed by atoms with van der Waals surface area (Å²) in [4.78, 5) is 23.4. The molecule has 2 aromatic rings. The van der Waals surface area contributed by atoms with E-state index in [1.54, 1.807) is 31.4 Å². The minimum Gasteiger partial charge on any atom is -0.493 e. The van der Waals surface area contributed by atoms with Gasteiger partial charge in [-0.25, -0.2) is 4.79 Å². The van der Waals surface area contributed by atoms with E-state index in [9.17, 15) is 9.59 Å². The zero-order valence-electron chi connectivity index (χ0n) is 14.5. The molecule has 0 saturated carbocycles. The van der Waals surface area contributed by atoms with Crippen LogP contribution in [0.3, 0.4) is 0 Å². The summed E-state index contributed by atoms with van der Waals surface area (Å²) < 4.78 is 10.4. The Balaban J connectivity index is 2.03. The molecule has 1 amide bonds. The first-order valence-electron chi connectivity index (χ1n) is 7.79. The van der Waals surface area contributed by atoms with Gasteiger partial charge in [0.2, 0.25) is 0 Å². The third-order valence-corrected chi connectivity index (χ3v) is 3.85. The molecule has 6 nitrogen and oxygen atoms in total. The van der Waals surface area contributed by atoms with Crippen LogP contribution in [-0.2, 0) is 6.42 Å². The minimum absolute atomic E-state index is 0.215. The summed E-state index contributed by atoms with van der Waals surface area (Å²) in [5.74, 6) is -0.117. The van der Waals surface area contributed by atoms with E-state index in [-0.39, 0.29) is 11.5 Å². The van der Waals surface area contributed by atoms with Crippen LogP contribution in [0.2, 0.25) is 0 Å². The predicted octanol–water partition coefficient (Wildman–Crippen LogP) is 2.68. The predicted molar refractivity (Wildman–Crippen MR) is 93.7 cm³/mol. The van der Waals surface area contributed by atoms with Gasteiger partial charge < -0.3 is 19.9 Å². The molecular weight excluding hydrogens is 322 g/mol. The van der Waals surface area contributed by atoms with Crippen molar-refractivity contribution in [1.82, 2.24) is 5.32 Å². The molecule has 0 aliphatic carbocycles. The molecule has 0 bridgehead atoms. The highest BCUT2D eigenvalue weighted by molar-refractivity contribution is 5.96. The molecule has 2 aromatic carbocycles. The van der Waals surface area contributed by atoms with E-state index in [2.05, 4.69) is 5.32 Å². The monoisotopic (exact) mass is 343 g/mol. The van der Waals surface area contributed by atoms with Crippen molar-refractivity contribution in [2.24, 2.45) is 0 Å². The molecule has 0 spiro atoms. The van der Waals surface area contributed by atoms with Crippen molar-refractivity contribution in [2.45, 2.75) is 13.3 Å². The van der Waals surface area contributed by atoms with Gasteiger partial charge in [-0.1, -0.05) is 12.1 Å². The lowest BCUT2D eigenvalue weighted by atomic mass is 10.1. The van der Waals surface area contributed by atoms with Crippen LogP contribution in [0.5, 0.6) is 11.5 Å². The summed E-state index contributed by atoms with van der Waals surface area (Å²) in [6.07, 6.45) is 0.541. The average Bonchev–Trinajstić information content (AvgIpc) is 2.61. The number of nitrogens with one attached hydrogen (secondary N) is 1. The van der Waals surface area contributed by atoms with Crippen molar-refractivity contribution in [1.29, 1.82) is 0 Å². The molecule has 0 unspecified atom stereocenters. The summed E-state index contributed by atoms with van der Waals surface area (Å²) in [5.41, 5.74) is 2.38. The number of carbonyl (C=O) groups is 2. The van der Waals surface area contributed by atoms with E-state index in [4.69, 9.17) is 14.6 Å². The Morgan fingerprint density at radius 3 is 2.40 bits per heavy atom. The van der Waals surface area contributed by atoms with Gasteiger partial charge in [-0.2, -0.15) is 0 Å². The fourth-order valence-electron chi connectivity index (χ4n) is 2.50. The van der Waals surface area contributed by atoms with Crippen LogP contribution in [0.1, 0.15) is 31.8 Å². The van der Waals surface area contributed by atoms with E-state index < -0.39 is 5.97 Å². The van der Waals surface area contributed by atoms with Crippen molar-refractivity contribution in [3.8, 4) is 11.5 Å². The highest BCUT2D eigenvalue weighted by atomic mass is 16.5. The van der Waals surface area contributed by atoms with Crippen molar-refractivity contribution in [3.63, 3.8) is 0 Å². The van der Waals surface area contributed by atoms with Crippen LogP contribution in [0.25, 0.3) is 0 Å². The van der Waals surface area contributed by atoms with Crippen LogP contribution >= 0.6 is 0 Å². The number of ether oxygens (including phenoxy) is 2. The average molecular weight is 343 g/mol. The summed E-state index contributed by atoms with van der Waals surface area (Å²) in [7, 11) is 3.06. The third kappa shape index (κ3) is 4.50. The summed E-state index contributed by atoms with van der Waals surface area (Å²) in [6.45, 7) is 2.23. The smallest absolute Gasteiger partial charge is 0.335 e. The number of benzene rings is 2. The van der Waals surface area contributed by atoms with Crippen LogP contribution in [0.15, 0.2) is 36.4 Å². The molecule has 0 atom stereocenters. The minimum atomic E-state index is -0.966. The second-order valence-corrected chi connectivity index (χ2v) is 5.53. The normalized spacial score (nSPS) is 10.2. The highest BCUT2D eigenvalue weighted by Gasteiger charge is 2.14. The molecule has 0 aromatic heterocycles. The van der Waals surface area contributed by atoms with E-state index in [0.717, 1.165) is 11.1 Å². The molecule has 2 N–H and O–H groups in total. The summed E-state index contributed by atoms with van der Waals surface area (Å²) in [6, 6.07) is 10.1. The lowest BCUT2D eigenvalue weighted by Gasteiger charge is -2.13. The maximum Gasteiger partial charge on any atom is 0.335 e. The number of aromatic carboxylic acids is 1. The Labute approximate surface area is 146 Å². The molecule has 132 valence electrons. The Kier molecular flexibility index (Phi) is 6.00. The Hall–Kier alpha value is -3.02. The Morgan fingerprint density at radius 1 is 1.08 bits per heavy atom. The van der Waals surface area contributed by atoms with E-state index in [0.29, 0.717) is 30.0 Å². The lowest BCUT2D eigenvalue weighted by Crippen LogP contribution is -2.26. The molecule has 0 aliphatic heterocycles. The maximum atomic E-state index is 12.4. The molecule has 25 heavy (non-hydrogen) atoms. The fourth-order valence-corrected chi connectivity index (χ4v) is 2.50. The zero-order chi connectivity index (χ0) is 18.4. The van der Waals surface area contributed by atoms with Gasteiger partial charge in [0, 0.05) is 12.1 Å². The van der Waals surface area contributed by atoms with Crippen LogP contribution in [0, 0.1) is 6.92 Å². The first-order chi connectivity index (χ1) is 12.0. The van der Waals surface area contributed by atoms with Gasteiger partial charge in [0.1, 0.15) is 0 Å². The largest absolute Gasteiger partial charge is 0.493 e. The molecule has 0 fully saturated rings. The number of carboxylic acids is 1. The molecule has 0 radical (unpaired) electrons. The van der Waals surface area contributed by atoms with Gasteiger partial charge in [0.25, 0.3) is 5.91 Å². The molecule has 0 aliphatic rings. The summed E-state index contributed by atoms with van der Waals surface area (Å²) in [5, 5.41) is 11.8. The molecule has 0 saturated heterocycles. The molecule has 2 rings (SSSR count). The second kappa shape index (κ2) is 8.19. The zero-order valence-corrected chi connectivity index (χ0v) is 14.5. The van der Waals surface area contributed by atoms with Crippen molar-refractivity contribution >= 4 is 11.9 Å². The Bertz CT molecular complexity index is 785. The van der Waals surface area contributed by atoms with Crippen molar-refractivity contribution < 1.29 is 24.2 Å². The first kappa shape index (κ1) is 18.3. The van der Waals surface area contributed by atoms with Gasteiger partial charge in [0.15, 0.2) is 11.5 Å². The van der Waals surface area contributed by atoms with Crippen molar-refractivity contribution in [2.75, 3.05) is 20.8 Å². The second-order valence-electron chi connectivity index (χ2n) is 5.53. The van der Waals surface area contributed by atoms with Crippen molar-refractivity contribution in [3.05, 3.63) is 58.7 Å². The number of hydrogen-bond acceptors (Lipinski definition) is 4. The lowest BCUT2D eigenvalue weighted by molar-refractivity contribution is 0.0696. The van der Waals surface area contributed by atoms with Gasteiger partial charge in [-0.05, 0) is 48.7 Å². The quantitative estimate of drug-likeness (QED) is 0.807. The highest BCUT2D eigenvalue weighted by Crippen LogP contribution is 2.30. The van der Waals surface area contributed by atoms with Crippen LogP contribution in [0.4, 0.5) is 0 Å². The van der Waals surface area contributed by atoms with E-state index in [1.807, 2.05) is 13.0 Å². The number of carboxylic acid groups (broad SMARTS) is 1. The van der Waals surface area contributed by atoms with E-state index in [1.165, 1.54) is 13.2 Å². The number of amides is 1. The topological polar surface area (TPSA) is 84.9 Å². The fraction of sp³-hybridized carbons (Fsp3) is 0.263. The van der Waals surface area contributed by atoms with Gasteiger partial charge in [-0.15, -0.1) is 0 Å². The molecule has 0 heterocycles. The first-order valence-corrected chi connectivity index (χ1v) is 7.79. The van der Waals surface area contributed by atoms with Crippen LogP contribution < -0.4 is 14.8 Å². The standard InChI is InChI=1S/C19H21NO5/c1-12-9-16(24-2)17(25-3)11-15(12)18(21)20-8-7-13-5-4-6-14(10-13)19(22)23/h4-6,9-11H,7-8H2,1-3H3,(H,20,21)(H,22,23). The van der Waals surface area contributed by atoms with Gasteiger partial charge >= 0.3 is 5.97 Å². The van der Waals surface area contributed by atoms with Gasteiger partial charge in [-0.3, -0.25) is 4.79 Å². The number of aryl methyl sites for hydroxylation is 1. The molecular formula is C19H21NO5. The number of rotatable bonds is 7. The van der Waals surface area contributed by atoms with E-state index >= 15 is 0 Å². The molecule has 6 heteroatoms. The maximum absolute atomic E-state index is 12.4. The third-order valence-electron chi connectivity index (χ3n) is 3.85. The summed E-state index contributed by atoms with van der Waals surface area (Å²) >= 11 is 0. The SMILES string of the molecule is COc1cc(C)c(C(=O)NCCc2cccc(C(=O)O)c2)cc1OC. The number of methoxy groups -OCH3 is 2. The number of hydrogen-bond donors (Lipinski definition) is 2. The van der Waals surface area contributed by atoms with Gasteiger partial charge in [0.05, 0.1) is 19.8 Å². The number of carbonyl (C=O) groups excluding carboxylic acids is 1.